The largest absolute Gasteiger partial charge is 0.392 e. The number of sulfone groups is 1. The number of amides is 1. The standard InChI is InChI=1S/C23H23ClN4O4S2/c1-34(30,31)19-12-11-16(14-18(19)24)21(27-32-17-9-5-6-10-17)22(29)26-23-25-20(28-33-23)13-15-7-3-2-4-8-15/h2-4,7-8,11-12,14,17H,5-6,9-10,13H2,1H3,(H,25,26,28,29)/b27-21+. The van der Waals surface area contributed by atoms with Crippen LogP contribution in [0.25, 0.3) is 0 Å². The molecular formula is C23H23ClN4O4S2. The maximum Gasteiger partial charge on any atom is 0.280 e. The van der Waals surface area contributed by atoms with Crippen molar-refractivity contribution < 1.29 is 18.0 Å². The molecule has 0 atom stereocenters. The fraction of sp³-hybridized carbons (Fsp3) is 0.304. The second kappa shape index (κ2) is 10.6. The maximum atomic E-state index is 13.1. The van der Waals surface area contributed by atoms with E-state index in [9.17, 15) is 13.2 Å². The van der Waals surface area contributed by atoms with Crippen LogP contribution in [0.4, 0.5) is 5.13 Å². The van der Waals surface area contributed by atoms with Crippen LogP contribution in [0.15, 0.2) is 58.6 Å². The number of benzene rings is 2. The number of anilines is 1. The first-order chi connectivity index (χ1) is 16.3. The van der Waals surface area contributed by atoms with Gasteiger partial charge < -0.3 is 4.84 Å². The average Bonchev–Trinajstić information content (AvgIpc) is 3.46. The summed E-state index contributed by atoms with van der Waals surface area (Å²) < 4.78 is 28.1. The highest BCUT2D eigenvalue weighted by Crippen LogP contribution is 2.25. The maximum absolute atomic E-state index is 13.1. The van der Waals surface area contributed by atoms with Gasteiger partial charge in [0.1, 0.15) is 11.9 Å². The van der Waals surface area contributed by atoms with Gasteiger partial charge in [-0.25, -0.2) is 13.4 Å². The molecule has 4 rings (SSSR count). The summed E-state index contributed by atoms with van der Waals surface area (Å²) >= 11 is 7.27. The number of nitrogens with one attached hydrogen (secondary N) is 1. The first-order valence-electron chi connectivity index (χ1n) is 10.7. The summed E-state index contributed by atoms with van der Waals surface area (Å²) in [7, 11) is -3.51. The van der Waals surface area contributed by atoms with Crippen molar-refractivity contribution in [3.05, 3.63) is 70.5 Å². The van der Waals surface area contributed by atoms with Crippen LogP contribution in [0.3, 0.4) is 0 Å². The van der Waals surface area contributed by atoms with Crippen LogP contribution < -0.4 is 5.32 Å². The summed E-state index contributed by atoms with van der Waals surface area (Å²) in [6.45, 7) is 0. The fourth-order valence-corrected chi connectivity index (χ4v) is 5.52. The van der Waals surface area contributed by atoms with Crippen molar-refractivity contribution in [3.8, 4) is 0 Å². The molecule has 1 fully saturated rings. The Hall–Kier alpha value is -2.82. The second-order valence-corrected chi connectivity index (χ2v) is 11.1. The van der Waals surface area contributed by atoms with Gasteiger partial charge in [0.25, 0.3) is 5.91 Å². The Kier molecular flexibility index (Phi) is 7.60. The molecular weight excluding hydrogens is 496 g/mol. The minimum atomic E-state index is -3.51. The highest BCUT2D eigenvalue weighted by molar-refractivity contribution is 7.90. The van der Waals surface area contributed by atoms with Crippen LogP contribution in [0, 0.1) is 0 Å². The van der Waals surface area contributed by atoms with Crippen molar-refractivity contribution in [2.45, 2.75) is 43.1 Å². The summed E-state index contributed by atoms with van der Waals surface area (Å²) in [5.41, 5.74) is 1.38. The molecule has 1 saturated carbocycles. The van der Waals surface area contributed by atoms with Crippen molar-refractivity contribution in [2.75, 3.05) is 11.6 Å². The summed E-state index contributed by atoms with van der Waals surface area (Å²) in [5.74, 6) is 0.0383. The Morgan fingerprint density at radius 2 is 1.94 bits per heavy atom. The predicted octanol–water partition coefficient (Wildman–Crippen LogP) is 4.49. The van der Waals surface area contributed by atoms with Crippen LogP contribution in [-0.2, 0) is 25.9 Å². The Morgan fingerprint density at radius 1 is 1.21 bits per heavy atom. The van der Waals surface area contributed by atoms with E-state index in [2.05, 4.69) is 19.8 Å². The molecule has 1 aliphatic rings. The summed E-state index contributed by atoms with van der Waals surface area (Å²) in [4.78, 5) is 23.1. The van der Waals surface area contributed by atoms with Crippen molar-refractivity contribution in [1.29, 1.82) is 0 Å². The monoisotopic (exact) mass is 518 g/mol. The number of hydrogen-bond acceptors (Lipinski definition) is 8. The molecule has 1 heterocycles. The van der Waals surface area contributed by atoms with Crippen molar-refractivity contribution >= 4 is 49.7 Å². The quantitative estimate of drug-likeness (QED) is 0.347. The van der Waals surface area contributed by atoms with E-state index in [0.717, 1.165) is 49.0 Å². The van der Waals surface area contributed by atoms with E-state index in [-0.39, 0.29) is 21.7 Å². The third-order valence-corrected chi connectivity index (χ3v) is 7.56. The molecule has 1 aromatic heterocycles. The highest BCUT2D eigenvalue weighted by Gasteiger charge is 2.23. The molecule has 34 heavy (non-hydrogen) atoms. The zero-order valence-corrected chi connectivity index (χ0v) is 20.8. The van der Waals surface area contributed by atoms with Crippen LogP contribution in [0.1, 0.15) is 42.6 Å². The molecule has 0 aliphatic heterocycles. The number of hydrogen-bond donors (Lipinski definition) is 1. The lowest BCUT2D eigenvalue weighted by atomic mass is 10.1. The third kappa shape index (κ3) is 6.19. The molecule has 11 heteroatoms. The molecule has 3 aromatic rings. The SMILES string of the molecule is CS(=O)(=O)c1ccc(/C(=N\OC2CCCC2)C(=O)Nc2nc(Cc3ccccc3)ns2)cc1Cl. The van der Waals surface area contributed by atoms with Crippen LogP contribution >= 0.6 is 23.1 Å². The minimum absolute atomic E-state index is 0.00225. The second-order valence-electron chi connectivity index (χ2n) is 8.00. The normalized spacial score (nSPS) is 14.8. The van der Waals surface area contributed by atoms with E-state index >= 15 is 0 Å². The van der Waals surface area contributed by atoms with E-state index in [0.29, 0.717) is 22.9 Å². The number of nitrogens with zero attached hydrogens (tertiary/aromatic N) is 3. The van der Waals surface area contributed by atoms with E-state index in [4.69, 9.17) is 16.4 Å². The Bertz CT molecular complexity index is 1300. The van der Waals surface area contributed by atoms with Gasteiger partial charge in [-0.2, -0.15) is 4.37 Å². The number of carbonyl (C=O) groups excluding carboxylic acids is 1. The molecule has 2 aromatic carbocycles. The van der Waals surface area contributed by atoms with E-state index in [1.54, 1.807) is 0 Å². The topological polar surface area (TPSA) is 111 Å². The van der Waals surface area contributed by atoms with Crippen LogP contribution in [-0.4, -0.2) is 41.8 Å². The number of halogens is 1. The van der Waals surface area contributed by atoms with Crippen LogP contribution in [0.2, 0.25) is 5.02 Å². The highest BCUT2D eigenvalue weighted by atomic mass is 35.5. The molecule has 1 N–H and O–H groups in total. The van der Waals surface area contributed by atoms with E-state index in [1.165, 1.54) is 18.2 Å². The predicted molar refractivity (Wildman–Crippen MR) is 132 cm³/mol. The molecule has 8 nitrogen and oxygen atoms in total. The Morgan fingerprint density at radius 3 is 2.62 bits per heavy atom. The lowest BCUT2D eigenvalue weighted by Crippen LogP contribution is -2.25. The number of aromatic nitrogens is 2. The number of oxime groups is 1. The molecule has 178 valence electrons. The van der Waals surface area contributed by atoms with Gasteiger partial charge >= 0.3 is 0 Å². The van der Waals surface area contributed by atoms with Crippen molar-refractivity contribution in [1.82, 2.24) is 9.36 Å². The molecule has 0 saturated heterocycles. The molecule has 1 amide bonds. The molecule has 0 unspecified atom stereocenters. The van der Waals surface area contributed by atoms with E-state index in [1.807, 2.05) is 30.3 Å². The van der Waals surface area contributed by atoms with Gasteiger partial charge in [0, 0.05) is 29.8 Å². The minimum Gasteiger partial charge on any atom is -0.392 e. The first kappa shape index (κ1) is 24.3. The zero-order chi connectivity index (χ0) is 24.1. The van der Waals surface area contributed by atoms with Crippen molar-refractivity contribution in [2.24, 2.45) is 5.16 Å². The molecule has 0 spiro atoms. The smallest absolute Gasteiger partial charge is 0.280 e. The van der Waals surface area contributed by atoms with Gasteiger partial charge in [0.2, 0.25) is 5.13 Å². The van der Waals surface area contributed by atoms with Gasteiger partial charge in [-0.1, -0.05) is 53.2 Å². The van der Waals surface area contributed by atoms with E-state index < -0.39 is 15.7 Å². The van der Waals surface area contributed by atoms with Gasteiger partial charge in [0.15, 0.2) is 15.5 Å². The zero-order valence-electron chi connectivity index (χ0n) is 18.4. The lowest BCUT2D eigenvalue weighted by molar-refractivity contribution is -0.110. The first-order valence-corrected chi connectivity index (χ1v) is 13.8. The molecule has 0 radical (unpaired) electrons. The summed E-state index contributed by atoms with van der Waals surface area (Å²) in [6, 6.07) is 14.0. The molecule has 0 bridgehead atoms. The Balaban J connectivity index is 1.56. The van der Waals surface area contributed by atoms with Crippen molar-refractivity contribution in [3.63, 3.8) is 0 Å². The summed E-state index contributed by atoms with van der Waals surface area (Å²) in [6.07, 6.45) is 5.38. The summed E-state index contributed by atoms with van der Waals surface area (Å²) in [5, 5.41) is 7.18. The third-order valence-electron chi connectivity index (χ3n) is 5.31. The van der Waals surface area contributed by atoms with Gasteiger partial charge in [0.05, 0.1) is 9.92 Å². The van der Waals surface area contributed by atoms with Gasteiger partial charge in [-0.05, 0) is 43.4 Å². The Labute approximate surface area is 207 Å². The average molecular weight is 519 g/mol. The lowest BCUT2D eigenvalue weighted by Gasteiger charge is -2.11. The number of rotatable bonds is 8. The molecule has 1 aliphatic carbocycles. The van der Waals surface area contributed by atoms with Gasteiger partial charge in [-0.3, -0.25) is 10.1 Å². The van der Waals surface area contributed by atoms with Gasteiger partial charge in [-0.15, -0.1) is 0 Å². The number of carbonyl (C=O) groups is 1. The fourth-order valence-electron chi connectivity index (χ4n) is 3.61. The van der Waals surface area contributed by atoms with Crippen LogP contribution in [0.5, 0.6) is 0 Å².